The molecule has 0 rings (SSSR count). The van der Waals surface area contributed by atoms with Crippen molar-refractivity contribution >= 4 is 0 Å². The second-order valence-electron chi connectivity index (χ2n) is 1.50. The summed E-state index contributed by atoms with van der Waals surface area (Å²) in [5, 5.41) is 0. The van der Waals surface area contributed by atoms with Crippen LogP contribution in [-0.4, -0.2) is 12.0 Å². The molecule has 0 aromatic heterocycles. The van der Waals surface area contributed by atoms with Crippen LogP contribution in [-0.2, 0) is 0 Å². The highest BCUT2D eigenvalue weighted by atomic mass is 16.0. The fourth-order valence-corrected chi connectivity index (χ4v) is 0.394. The lowest BCUT2D eigenvalue weighted by atomic mass is 10.3. The molecule has 9 heavy (non-hydrogen) atoms. The van der Waals surface area contributed by atoms with Gasteiger partial charge < -0.3 is 17.4 Å². The average molecular weight is 138 g/mol. The van der Waals surface area contributed by atoms with Gasteiger partial charge in [-0.05, 0) is 13.0 Å². The molecule has 0 bridgehead atoms. The number of hydrogen-bond acceptors (Lipinski definition) is 2. The third-order valence-corrected chi connectivity index (χ3v) is 0.808. The highest BCUT2D eigenvalue weighted by Crippen LogP contribution is 1.88. The summed E-state index contributed by atoms with van der Waals surface area (Å²) in [6.45, 7) is 3.03. The summed E-state index contributed by atoms with van der Waals surface area (Å²) in [6.07, 6.45) is 3.75. The Balaban J connectivity index is -0.0000000417. The number of unbranched alkanes of at least 4 members (excludes halogenated alkanes) is 2. The molecule has 3 nitrogen and oxygen atoms in total. The maximum Gasteiger partial charge on any atom is -0.00773 e. The lowest BCUT2D eigenvalue weighted by Crippen LogP contribution is -1.96. The van der Waals surface area contributed by atoms with Crippen molar-refractivity contribution in [2.45, 2.75) is 33.6 Å². The van der Waals surface area contributed by atoms with E-state index in [1.165, 1.54) is 19.3 Å². The van der Waals surface area contributed by atoms with Crippen molar-refractivity contribution < 1.29 is 5.48 Å². The van der Waals surface area contributed by atoms with Crippen LogP contribution in [0.15, 0.2) is 0 Å². The van der Waals surface area contributed by atoms with E-state index in [0.29, 0.717) is 0 Å². The standard InChI is InChI=1S/C5H13N.CH4.H3N.H2O/c1-2-3-4-5-6;;;/h2-6H2,1H3;1H4;1H3;1H2. The second kappa shape index (κ2) is 24.8. The van der Waals surface area contributed by atoms with Gasteiger partial charge in [0.05, 0.1) is 0 Å². The molecular formula is C6H22N2O. The Bertz CT molecular complexity index is 23.0. The first kappa shape index (κ1) is 23.2. The van der Waals surface area contributed by atoms with Crippen LogP contribution in [0.2, 0.25) is 0 Å². The van der Waals surface area contributed by atoms with Crippen LogP contribution in [0.4, 0.5) is 0 Å². The first-order valence-corrected chi connectivity index (χ1v) is 2.62. The molecule has 0 spiro atoms. The largest absolute Gasteiger partial charge is 0.412 e. The van der Waals surface area contributed by atoms with Gasteiger partial charge in [-0.1, -0.05) is 27.2 Å². The summed E-state index contributed by atoms with van der Waals surface area (Å²) in [4.78, 5) is 0. The van der Waals surface area contributed by atoms with Gasteiger partial charge in [0.25, 0.3) is 0 Å². The average Bonchev–Trinajstić information content (AvgIpc) is 1.61. The van der Waals surface area contributed by atoms with Crippen molar-refractivity contribution in [1.82, 2.24) is 6.15 Å². The first-order chi connectivity index (χ1) is 2.91. The Hall–Kier alpha value is -0.120. The summed E-state index contributed by atoms with van der Waals surface area (Å²) in [5.74, 6) is 0. The summed E-state index contributed by atoms with van der Waals surface area (Å²) >= 11 is 0. The highest BCUT2D eigenvalue weighted by molar-refractivity contribution is 4.34. The van der Waals surface area contributed by atoms with Crippen LogP contribution < -0.4 is 11.9 Å². The van der Waals surface area contributed by atoms with Crippen LogP contribution in [0, 0.1) is 0 Å². The molecular weight excluding hydrogens is 116 g/mol. The molecule has 0 aliphatic rings. The molecule has 0 atom stereocenters. The highest BCUT2D eigenvalue weighted by Gasteiger charge is 1.75. The number of nitrogens with two attached hydrogens (primary N) is 1. The van der Waals surface area contributed by atoms with Gasteiger partial charge in [0.15, 0.2) is 0 Å². The summed E-state index contributed by atoms with van der Waals surface area (Å²) in [7, 11) is 0. The summed E-state index contributed by atoms with van der Waals surface area (Å²) in [5.41, 5.74) is 5.21. The zero-order valence-electron chi connectivity index (χ0n) is 5.61. The zero-order chi connectivity index (χ0) is 4.83. The predicted octanol–water partition coefficient (Wildman–Crippen LogP) is 1.11. The van der Waals surface area contributed by atoms with Gasteiger partial charge in [0, 0.05) is 0 Å². The van der Waals surface area contributed by atoms with Crippen LogP contribution in [0.1, 0.15) is 33.6 Å². The van der Waals surface area contributed by atoms with E-state index in [4.69, 9.17) is 5.73 Å². The Morgan fingerprint density at radius 1 is 1.22 bits per heavy atom. The van der Waals surface area contributed by atoms with Gasteiger partial charge in [-0.3, -0.25) is 0 Å². The quantitative estimate of drug-likeness (QED) is 0.572. The fraction of sp³-hybridized carbons (Fsp3) is 1.00. The summed E-state index contributed by atoms with van der Waals surface area (Å²) in [6, 6.07) is 0. The van der Waals surface area contributed by atoms with E-state index in [-0.39, 0.29) is 19.1 Å². The molecule has 62 valence electrons. The second-order valence-corrected chi connectivity index (χ2v) is 1.50. The van der Waals surface area contributed by atoms with Crippen LogP contribution in [0.5, 0.6) is 0 Å². The van der Waals surface area contributed by atoms with Crippen molar-refractivity contribution in [1.29, 1.82) is 0 Å². The molecule has 0 saturated carbocycles. The van der Waals surface area contributed by atoms with Gasteiger partial charge >= 0.3 is 0 Å². The van der Waals surface area contributed by atoms with E-state index in [1.54, 1.807) is 0 Å². The first-order valence-electron chi connectivity index (χ1n) is 2.62. The van der Waals surface area contributed by atoms with Crippen LogP contribution in [0.3, 0.4) is 0 Å². The number of rotatable bonds is 3. The normalized spacial score (nSPS) is 6.00. The molecule has 0 radical (unpaired) electrons. The molecule has 0 aromatic carbocycles. The molecule has 0 heterocycles. The topological polar surface area (TPSA) is 92.5 Å². The zero-order valence-corrected chi connectivity index (χ0v) is 5.61. The smallest absolute Gasteiger partial charge is 0.00773 e. The Morgan fingerprint density at radius 3 is 1.78 bits per heavy atom. The predicted molar refractivity (Wildman–Crippen MR) is 43.9 cm³/mol. The summed E-state index contributed by atoms with van der Waals surface area (Å²) < 4.78 is 0. The van der Waals surface area contributed by atoms with E-state index in [1.807, 2.05) is 0 Å². The lowest BCUT2D eigenvalue weighted by Gasteiger charge is -1.86. The van der Waals surface area contributed by atoms with Crippen LogP contribution >= 0.6 is 0 Å². The maximum atomic E-state index is 5.21. The molecule has 0 saturated heterocycles. The van der Waals surface area contributed by atoms with Crippen molar-refractivity contribution in [2.75, 3.05) is 6.54 Å². The van der Waals surface area contributed by atoms with E-state index < -0.39 is 0 Å². The van der Waals surface area contributed by atoms with Gasteiger partial charge in [0.1, 0.15) is 0 Å². The van der Waals surface area contributed by atoms with Gasteiger partial charge in [-0.2, -0.15) is 0 Å². The monoisotopic (exact) mass is 138 g/mol. The molecule has 0 aliphatic heterocycles. The minimum Gasteiger partial charge on any atom is -0.412 e. The van der Waals surface area contributed by atoms with Crippen molar-refractivity contribution in [2.24, 2.45) is 5.73 Å². The van der Waals surface area contributed by atoms with Gasteiger partial charge in [0.2, 0.25) is 0 Å². The lowest BCUT2D eigenvalue weighted by molar-refractivity contribution is 0.727. The van der Waals surface area contributed by atoms with Crippen LogP contribution in [0.25, 0.3) is 0 Å². The third kappa shape index (κ3) is 32.8. The van der Waals surface area contributed by atoms with Crippen molar-refractivity contribution in [3.8, 4) is 0 Å². The molecule has 7 N–H and O–H groups in total. The van der Waals surface area contributed by atoms with Crippen molar-refractivity contribution in [3.05, 3.63) is 0 Å². The van der Waals surface area contributed by atoms with Gasteiger partial charge in [-0.25, -0.2) is 0 Å². The Labute approximate surface area is 58.5 Å². The van der Waals surface area contributed by atoms with E-state index in [0.717, 1.165) is 6.54 Å². The van der Waals surface area contributed by atoms with E-state index in [9.17, 15) is 0 Å². The number of hydrogen-bond donors (Lipinski definition) is 2. The fourth-order valence-electron chi connectivity index (χ4n) is 0.394. The molecule has 0 fully saturated rings. The molecule has 0 amide bonds. The minimum atomic E-state index is 0. The third-order valence-electron chi connectivity index (χ3n) is 0.808. The Kier molecular flexibility index (Phi) is 63.7. The van der Waals surface area contributed by atoms with E-state index in [2.05, 4.69) is 6.92 Å². The molecule has 0 unspecified atom stereocenters. The van der Waals surface area contributed by atoms with E-state index >= 15 is 0 Å². The Morgan fingerprint density at radius 2 is 1.67 bits per heavy atom. The SMILES string of the molecule is C.CCCCCN.N.O. The molecule has 0 aliphatic carbocycles. The molecule has 3 heteroatoms. The van der Waals surface area contributed by atoms with Gasteiger partial charge in [-0.15, -0.1) is 0 Å². The maximum absolute atomic E-state index is 5.21. The molecule has 0 aromatic rings. The minimum absolute atomic E-state index is 0. The van der Waals surface area contributed by atoms with Crippen molar-refractivity contribution in [3.63, 3.8) is 0 Å².